The zero-order chi connectivity index (χ0) is 22.9. The number of hydrogen-bond acceptors (Lipinski definition) is 7. The summed E-state index contributed by atoms with van der Waals surface area (Å²) in [4.78, 5) is 29.3. The van der Waals surface area contributed by atoms with Gasteiger partial charge in [-0.15, -0.1) is 11.3 Å². The van der Waals surface area contributed by atoms with Crippen molar-refractivity contribution in [2.24, 2.45) is 13.0 Å². The fraction of sp³-hybridized carbons (Fsp3) is 0.550. The number of carbonyl (C=O) groups excluding carboxylic acids is 2. The Morgan fingerprint density at radius 2 is 1.87 bits per heavy atom. The molecule has 0 saturated carbocycles. The number of sulfonamides is 1. The van der Waals surface area contributed by atoms with Crippen molar-refractivity contribution in [3.8, 4) is 0 Å². The maximum atomic E-state index is 13.5. The number of thiazole rings is 1. The fourth-order valence-corrected chi connectivity index (χ4v) is 6.42. The summed E-state index contributed by atoms with van der Waals surface area (Å²) >= 11 is 1.36. The van der Waals surface area contributed by atoms with Crippen molar-refractivity contribution in [1.82, 2.24) is 13.9 Å². The van der Waals surface area contributed by atoms with Crippen LogP contribution >= 0.6 is 11.3 Å². The van der Waals surface area contributed by atoms with Crippen LogP contribution < -0.4 is 5.32 Å². The van der Waals surface area contributed by atoms with Gasteiger partial charge in [0.25, 0.3) is 0 Å². The molecule has 1 saturated heterocycles. The van der Waals surface area contributed by atoms with Crippen LogP contribution in [0.15, 0.2) is 10.3 Å². The van der Waals surface area contributed by atoms with Crippen LogP contribution in [0.3, 0.4) is 0 Å². The zero-order valence-electron chi connectivity index (χ0n) is 18.4. The van der Waals surface area contributed by atoms with E-state index in [9.17, 15) is 18.0 Å². The highest BCUT2D eigenvalue weighted by molar-refractivity contribution is 7.89. The molecule has 9 nitrogen and oxygen atoms in total. The van der Waals surface area contributed by atoms with Crippen LogP contribution in [0.4, 0.5) is 5.13 Å². The molecule has 0 aliphatic carbocycles. The van der Waals surface area contributed by atoms with E-state index in [-0.39, 0.29) is 42.0 Å². The molecule has 1 N–H and O–H groups in total. The second kappa shape index (κ2) is 9.09. The molecule has 1 amide bonds. The minimum absolute atomic E-state index is 0.00730. The number of nitrogens with zero attached hydrogens (tertiary/aromatic N) is 3. The van der Waals surface area contributed by atoms with Gasteiger partial charge in [-0.05, 0) is 40.5 Å². The predicted octanol–water partition coefficient (Wildman–Crippen LogP) is 2.62. The normalized spacial score (nSPS) is 15.8. The summed E-state index contributed by atoms with van der Waals surface area (Å²) in [5.74, 6) is -1.08. The van der Waals surface area contributed by atoms with E-state index in [1.165, 1.54) is 15.6 Å². The van der Waals surface area contributed by atoms with E-state index in [1.54, 1.807) is 32.4 Å². The highest BCUT2D eigenvalue weighted by Gasteiger charge is 2.38. The van der Waals surface area contributed by atoms with E-state index in [0.717, 1.165) is 5.69 Å². The summed E-state index contributed by atoms with van der Waals surface area (Å²) in [5.41, 5.74) is 1.95. The van der Waals surface area contributed by atoms with Gasteiger partial charge in [-0.25, -0.2) is 18.2 Å². The first kappa shape index (κ1) is 23.4. The Morgan fingerprint density at radius 1 is 1.23 bits per heavy atom. The van der Waals surface area contributed by atoms with Crippen molar-refractivity contribution < 1.29 is 22.7 Å². The van der Waals surface area contributed by atoms with Crippen LogP contribution in [0.1, 0.15) is 47.2 Å². The van der Waals surface area contributed by atoms with E-state index >= 15 is 0 Å². The molecule has 11 heteroatoms. The molecular formula is C20H28N4O5S2. The summed E-state index contributed by atoms with van der Waals surface area (Å²) in [6.07, 6.45) is 0.796. The molecule has 0 spiro atoms. The summed E-state index contributed by atoms with van der Waals surface area (Å²) in [6, 6.07) is 0. The highest BCUT2D eigenvalue weighted by atomic mass is 32.2. The average Bonchev–Trinajstić information content (AvgIpc) is 3.24. The van der Waals surface area contributed by atoms with E-state index in [0.29, 0.717) is 29.4 Å². The van der Waals surface area contributed by atoms with E-state index in [4.69, 9.17) is 4.74 Å². The summed E-state index contributed by atoms with van der Waals surface area (Å²) in [7, 11) is -2.20. The zero-order valence-corrected chi connectivity index (χ0v) is 20.0. The molecule has 0 aromatic carbocycles. The van der Waals surface area contributed by atoms with Crippen molar-refractivity contribution in [3.63, 3.8) is 0 Å². The Bertz CT molecular complexity index is 1100. The molecule has 2 aromatic heterocycles. The van der Waals surface area contributed by atoms with Crippen LogP contribution in [-0.4, -0.2) is 53.8 Å². The number of piperidine rings is 1. The molecule has 1 fully saturated rings. The van der Waals surface area contributed by atoms with Gasteiger partial charge in [-0.1, -0.05) is 0 Å². The Hall–Kier alpha value is -2.24. The summed E-state index contributed by atoms with van der Waals surface area (Å²) < 4.78 is 35.1. The van der Waals surface area contributed by atoms with Crippen LogP contribution in [0.25, 0.3) is 0 Å². The van der Waals surface area contributed by atoms with Gasteiger partial charge in [0.15, 0.2) is 5.13 Å². The third-order valence-corrected chi connectivity index (χ3v) is 8.61. The van der Waals surface area contributed by atoms with Crippen molar-refractivity contribution >= 4 is 38.4 Å². The highest BCUT2D eigenvalue weighted by Crippen LogP contribution is 2.32. The number of ether oxygens (including phenoxy) is 1. The van der Waals surface area contributed by atoms with Gasteiger partial charge in [0, 0.05) is 42.8 Å². The molecular weight excluding hydrogens is 440 g/mol. The maximum Gasteiger partial charge on any atom is 0.341 e. The molecule has 3 rings (SSSR count). The lowest BCUT2D eigenvalue weighted by Gasteiger charge is -2.30. The molecule has 0 atom stereocenters. The van der Waals surface area contributed by atoms with Gasteiger partial charge >= 0.3 is 5.97 Å². The first-order valence-corrected chi connectivity index (χ1v) is 12.5. The van der Waals surface area contributed by atoms with Crippen LogP contribution in [-0.2, 0) is 26.6 Å². The second-order valence-corrected chi connectivity index (χ2v) is 10.3. The number of carbonyl (C=O) groups is 2. The number of esters is 1. The van der Waals surface area contributed by atoms with Crippen molar-refractivity contribution in [3.05, 3.63) is 28.0 Å². The molecule has 1 aliphatic rings. The van der Waals surface area contributed by atoms with Gasteiger partial charge in [0.1, 0.15) is 10.5 Å². The second-order valence-electron chi connectivity index (χ2n) is 7.62. The molecule has 170 valence electrons. The Morgan fingerprint density at radius 3 is 2.42 bits per heavy atom. The van der Waals surface area contributed by atoms with Gasteiger partial charge in [0.2, 0.25) is 15.9 Å². The molecule has 2 aromatic rings. The first-order valence-electron chi connectivity index (χ1n) is 10.1. The monoisotopic (exact) mass is 468 g/mol. The smallest absolute Gasteiger partial charge is 0.341 e. The molecule has 31 heavy (non-hydrogen) atoms. The minimum Gasteiger partial charge on any atom is -0.462 e. The summed E-state index contributed by atoms with van der Waals surface area (Å²) in [5, 5.41) is 5.22. The number of nitrogens with one attached hydrogen (secondary N) is 1. The third-order valence-electron chi connectivity index (χ3n) is 5.67. The van der Waals surface area contributed by atoms with Crippen LogP contribution in [0.2, 0.25) is 0 Å². The lowest BCUT2D eigenvalue weighted by molar-refractivity contribution is -0.120. The maximum absolute atomic E-state index is 13.5. The number of rotatable bonds is 6. The van der Waals surface area contributed by atoms with E-state index in [2.05, 4.69) is 10.3 Å². The van der Waals surface area contributed by atoms with E-state index < -0.39 is 16.0 Å². The molecule has 0 radical (unpaired) electrons. The standard InChI is InChI=1S/C20H28N4O5S2/c1-6-29-19(26)16-13(3)23(5)14(4)17(16)31(27,28)24-9-7-15(8-10-24)18(25)22-20-21-12(2)11-30-20/h11,15H,6-10H2,1-5H3,(H,21,22,25). The van der Waals surface area contributed by atoms with Crippen molar-refractivity contribution in [1.29, 1.82) is 0 Å². The third kappa shape index (κ3) is 4.53. The van der Waals surface area contributed by atoms with Gasteiger partial charge in [-0.3, -0.25) is 4.79 Å². The molecule has 1 aliphatic heterocycles. The summed E-state index contributed by atoms with van der Waals surface area (Å²) in [6.45, 7) is 7.48. The fourth-order valence-electron chi connectivity index (χ4n) is 3.78. The number of amides is 1. The Balaban J connectivity index is 1.78. The lowest BCUT2D eigenvalue weighted by atomic mass is 9.97. The van der Waals surface area contributed by atoms with Crippen LogP contribution in [0.5, 0.6) is 0 Å². The molecule has 3 heterocycles. The van der Waals surface area contributed by atoms with Crippen molar-refractivity contribution in [2.75, 3.05) is 25.0 Å². The number of aryl methyl sites for hydroxylation is 1. The predicted molar refractivity (Wildman–Crippen MR) is 118 cm³/mol. The first-order chi connectivity index (χ1) is 14.6. The van der Waals surface area contributed by atoms with E-state index in [1.807, 2.05) is 12.3 Å². The number of aromatic nitrogens is 2. The Labute approximate surface area is 186 Å². The van der Waals surface area contributed by atoms with Gasteiger partial charge in [-0.2, -0.15) is 4.31 Å². The minimum atomic E-state index is -3.92. The van der Waals surface area contributed by atoms with Gasteiger partial charge in [0.05, 0.1) is 12.3 Å². The number of anilines is 1. The SMILES string of the molecule is CCOC(=O)c1c(S(=O)(=O)N2CCC(C(=O)Nc3nc(C)cs3)CC2)c(C)n(C)c1C. The topological polar surface area (TPSA) is 111 Å². The molecule has 0 bridgehead atoms. The number of hydrogen-bond donors (Lipinski definition) is 1. The lowest BCUT2D eigenvalue weighted by Crippen LogP contribution is -2.41. The quantitative estimate of drug-likeness (QED) is 0.653. The van der Waals surface area contributed by atoms with Gasteiger partial charge < -0.3 is 14.6 Å². The Kier molecular flexibility index (Phi) is 6.87. The largest absolute Gasteiger partial charge is 0.462 e. The average molecular weight is 469 g/mol. The molecule has 0 unspecified atom stereocenters. The van der Waals surface area contributed by atoms with Crippen LogP contribution in [0, 0.1) is 26.7 Å². The van der Waals surface area contributed by atoms with Crippen molar-refractivity contribution in [2.45, 2.75) is 45.4 Å².